The van der Waals surface area contributed by atoms with E-state index in [1.165, 1.54) is 212 Å². The largest absolute Gasteiger partial charge is 0.472 e. The second-order valence-electron chi connectivity index (χ2n) is 30.2. The van der Waals surface area contributed by atoms with Gasteiger partial charge in [0.05, 0.1) is 26.4 Å². The molecule has 0 aliphatic rings. The molecule has 0 aliphatic carbocycles. The van der Waals surface area contributed by atoms with E-state index in [2.05, 4.69) is 55.4 Å². The SMILES string of the molecule is CCC(C)CCCCCCCCCCCCC(=O)OC[C@H](COP(=O)(O)OC[C@@H](O)COP(=O)(O)OC[C@@H](COC(=O)CCCCCCCCCCCC(C)C)OC(=O)CCCCCCCCCCCCC(C)CC)OC(=O)CCCCCCCCCCCCCCCCCCC(C)C. The number of esters is 4. The van der Waals surface area contributed by atoms with Gasteiger partial charge in [0.15, 0.2) is 12.2 Å². The van der Waals surface area contributed by atoms with Crippen LogP contribution in [0.3, 0.4) is 0 Å². The average molecular weight is 1450 g/mol. The number of aliphatic hydroxyl groups is 1. The van der Waals surface area contributed by atoms with Gasteiger partial charge in [0, 0.05) is 25.7 Å². The Hall–Kier alpha value is -1.94. The Morgan fingerprint density at radius 3 is 0.717 bits per heavy atom. The van der Waals surface area contributed by atoms with Crippen molar-refractivity contribution in [3.05, 3.63) is 0 Å². The van der Waals surface area contributed by atoms with Crippen molar-refractivity contribution in [1.82, 2.24) is 0 Å². The molecule has 99 heavy (non-hydrogen) atoms. The number of ether oxygens (including phenoxy) is 4. The van der Waals surface area contributed by atoms with E-state index in [0.717, 1.165) is 114 Å². The Balaban J connectivity index is 5.27. The minimum atomic E-state index is -4.96. The molecule has 19 heteroatoms. The number of phosphoric ester groups is 2. The molecule has 0 spiro atoms. The fourth-order valence-electron chi connectivity index (χ4n) is 12.2. The molecule has 0 saturated carbocycles. The number of unbranched alkanes of at least 4 members (excludes halogenated alkanes) is 41. The molecule has 0 heterocycles. The quantitative estimate of drug-likeness (QED) is 0.0222. The van der Waals surface area contributed by atoms with Crippen molar-refractivity contribution >= 4 is 39.5 Å². The maximum Gasteiger partial charge on any atom is 0.472 e. The highest BCUT2D eigenvalue weighted by molar-refractivity contribution is 7.47. The number of carbonyl (C=O) groups excluding carboxylic acids is 4. The van der Waals surface area contributed by atoms with Crippen molar-refractivity contribution in [3.63, 3.8) is 0 Å². The minimum absolute atomic E-state index is 0.106. The van der Waals surface area contributed by atoms with E-state index in [4.69, 9.17) is 37.0 Å². The van der Waals surface area contributed by atoms with Gasteiger partial charge in [-0.05, 0) is 49.4 Å². The third-order valence-corrected chi connectivity index (χ3v) is 21.2. The molecule has 588 valence electrons. The highest BCUT2D eigenvalue weighted by atomic mass is 31.2. The van der Waals surface area contributed by atoms with Crippen molar-refractivity contribution < 1.29 is 80.2 Å². The second kappa shape index (κ2) is 69.1. The fraction of sp³-hybridized carbons (Fsp3) is 0.950. The van der Waals surface area contributed by atoms with Crippen LogP contribution in [0.5, 0.6) is 0 Å². The number of aliphatic hydroxyl groups excluding tert-OH is 1. The zero-order valence-corrected chi connectivity index (χ0v) is 66.9. The topological polar surface area (TPSA) is 237 Å². The van der Waals surface area contributed by atoms with Gasteiger partial charge in [-0.25, -0.2) is 9.13 Å². The first-order valence-corrected chi connectivity index (χ1v) is 44.3. The van der Waals surface area contributed by atoms with Gasteiger partial charge in [-0.3, -0.25) is 37.3 Å². The highest BCUT2D eigenvalue weighted by Gasteiger charge is 2.30. The normalized spacial score (nSPS) is 14.6. The molecule has 0 aromatic carbocycles. The van der Waals surface area contributed by atoms with Crippen LogP contribution in [0.2, 0.25) is 0 Å². The summed E-state index contributed by atoms with van der Waals surface area (Å²) < 4.78 is 68.7. The van der Waals surface area contributed by atoms with E-state index in [9.17, 15) is 43.2 Å². The van der Waals surface area contributed by atoms with Gasteiger partial charge < -0.3 is 33.8 Å². The molecule has 0 amide bonds. The molecule has 0 radical (unpaired) electrons. The molecule has 0 aliphatic heterocycles. The number of phosphoric acid groups is 2. The van der Waals surface area contributed by atoms with Gasteiger partial charge in [-0.15, -0.1) is 0 Å². The number of carbonyl (C=O) groups is 4. The first-order valence-electron chi connectivity index (χ1n) is 41.3. The van der Waals surface area contributed by atoms with Gasteiger partial charge in [-0.1, -0.05) is 357 Å². The molecule has 0 fully saturated rings. The predicted molar refractivity (Wildman–Crippen MR) is 404 cm³/mol. The van der Waals surface area contributed by atoms with Gasteiger partial charge in [-0.2, -0.15) is 0 Å². The van der Waals surface area contributed by atoms with E-state index in [-0.39, 0.29) is 25.7 Å². The van der Waals surface area contributed by atoms with E-state index in [1.807, 2.05) is 0 Å². The summed E-state index contributed by atoms with van der Waals surface area (Å²) in [5.74, 6) is 1.05. The Kier molecular flexibility index (Phi) is 67.8. The summed E-state index contributed by atoms with van der Waals surface area (Å²) in [7, 11) is -9.92. The second-order valence-corrected chi connectivity index (χ2v) is 33.1. The van der Waals surface area contributed by atoms with Gasteiger partial charge in [0.25, 0.3) is 0 Å². The summed E-state index contributed by atoms with van der Waals surface area (Å²) in [4.78, 5) is 73.0. The summed E-state index contributed by atoms with van der Waals surface area (Å²) in [6.07, 6.45) is 55.3. The van der Waals surface area contributed by atoms with Crippen LogP contribution >= 0.6 is 15.6 Å². The Labute approximate surface area is 607 Å². The standard InChI is InChI=1S/C80H156O17P2/c1-9-72(7)58-50-42-34-26-19-21-28-36-44-52-60-77(82)90-66-75(96-79(84)62-54-46-38-29-18-16-14-12-11-13-15-17-24-32-40-48-56-70(3)4)68-94-98(86,87)92-64-74(81)65-93-99(88,89)95-69-76(67-91-78(83)61-53-45-37-31-23-25-33-41-49-57-71(5)6)97-80(85)63-55-47-39-30-22-20-27-35-43-51-59-73(8)10-2/h70-76,81H,9-69H2,1-8H3,(H,86,87)(H,88,89)/t72?,73?,74-,75-,76-/m1/s1. The summed E-state index contributed by atoms with van der Waals surface area (Å²) in [6.45, 7) is 14.3. The lowest BCUT2D eigenvalue weighted by Crippen LogP contribution is -2.30. The van der Waals surface area contributed by atoms with Crippen LogP contribution < -0.4 is 0 Å². The maximum absolute atomic E-state index is 13.1. The number of hydrogen-bond acceptors (Lipinski definition) is 15. The molecule has 0 aromatic heterocycles. The van der Waals surface area contributed by atoms with Crippen molar-refractivity contribution in [3.8, 4) is 0 Å². The van der Waals surface area contributed by atoms with Crippen LogP contribution in [0.15, 0.2) is 0 Å². The first kappa shape index (κ1) is 97.1. The van der Waals surface area contributed by atoms with Crippen molar-refractivity contribution in [2.75, 3.05) is 39.6 Å². The van der Waals surface area contributed by atoms with Gasteiger partial charge in [0.2, 0.25) is 0 Å². The average Bonchev–Trinajstić information content (AvgIpc) is 0.947. The first-order chi connectivity index (χ1) is 47.7. The van der Waals surface area contributed by atoms with Gasteiger partial charge >= 0.3 is 39.5 Å². The predicted octanol–water partition coefficient (Wildman–Crippen LogP) is 23.6. The molecule has 4 unspecified atom stereocenters. The molecule has 3 N–H and O–H groups in total. The Bertz CT molecular complexity index is 1940. The molecule has 0 saturated heterocycles. The van der Waals surface area contributed by atoms with E-state index in [1.54, 1.807) is 0 Å². The summed E-state index contributed by atoms with van der Waals surface area (Å²) >= 11 is 0. The summed E-state index contributed by atoms with van der Waals surface area (Å²) in [5, 5.41) is 10.6. The maximum atomic E-state index is 13.1. The lowest BCUT2D eigenvalue weighted by Gasteiger charge is -2.21. The smallest absolute Gasteiger partial charge is 0.462 e. The molecular weight excluding hydrogens is 1290 g/mol. The summed E-state index contributed by atoms with van der Waals surface area (Å²) in [6, 6.07) is 0. The molecule has 0 bridgehead atoms. The Morgan fingerprint density at radius 2 is 0.485 bits per heavy atom. The number of hydrogen-bond donors (Lipinski definition) is 3. The zero-order chi connectivity index (χ0) is 73.1. The molecule has 17 nitrogen and oxygen atoms in total. The van der Waals surface area contributed by atoms with Gasteiger partial charge in [0.1, 0.15) is 19.3 Å². The van der Waals surface area contributed by atoms with Crippen molar-refractivity contribution in [2.45, 2.75) is 427 Å². The lowest BCUT2D eigenvalue weighted by atomic mass is 9.99. The Morgan fingerprint density at radius 1 is 0.283 bits per heavy atom. The molecular formula is C80H156O17P2. The van der Waals surface area contributed by atoms with Crippen LogP contribution in [0.4, 0.5) is 0 Å². The lowest BCUT2D eigenvalue weighted by molar-refractivity contribution is -0.161. The number of rotatable bonds is 77. The summed E-state index contributed by atoms with van der Waals surface area (Å²) in [5.41, 5.74) is 0. The van der Waals surface area contributed by atoms with Crippen LogP contribution in [-0.2, 0) is 65.4 Å². The van der Waals surface area contributed by atoms with E-state index >= 15 is 0 Å². The third kappa shape index (κ3) is 71.5. The van der Waals surface area contributed by atoms with Crippen LogP contribution in [-0.4, -0.2) is 96.7 Å². The zero-order valence-electron chi connectivity index (χ0n) is 65.1. The molecule has 7 atom stereocenters. The fourth-order valence-corrected chi connectivity index (χ4v) is 13.8. The van der Waals surface area contributed by atoms with Crippen molar-refractivity contribution in [2.24, 2.45) is 23.7 Å². The van der Waals surface area contributed by atoms with Crippen LogP contribution in [0, 0.1) is 23.7 Å². The van der Waals surface area contributed by atoms with E-state index in [0.29, 0.717) is 25.7 Å². The van der Waals surface area contributed by atoms with Crippen molar-refractivity contribution in [1.29, 1.82) is 0 Å². The van der Waals surface area contributed by atoms with E-state index < -0.39 is 97.5 Å². The molecule has 0 aromatic rings. The highest BCUT2D eigenvalue weighted by Crippen LogP contribution is 2.45. The monoisotopic (exact) mass is 1450 g/mol. The molecule has 0 rings (SSSR count). The van der Waals surface area contributed by atoms with Crippen LogP contribution in [0.1, 0.15) is 409 Å². The third-order valence-electron chi connectivity index (χ3n) is 19.3. The van der Waals surface area contributed by atoms with Crippen LogP contribution in [0.25, 0.3) is 0 Å². The minimum Gasteiger partial charge on any atom is -0.462 e.